The lowest BCUT2D eigenvalue weighted by molar-refractivity contribution is -0.137. The molecule has 0 bridgehead atoms. The van der Waals surface area contributed by atoms with E-state index in [2.05, 4.69) is 30.1 Å². The topological polar surface area (TPSA) is 38.9 Å². The van der Waals surface area contributed by atoms with Gasteiger partial charge in [0.2, 0.25) is 0 Å². The second-order valence-electron chi connectivity index (χ2n) is 8.30. The van der Waals surface area contributed by atoms with E-state index < -0.39 is 11.7 Å². The number of hydrogen-bond acceptors (Lipinski definition) is 3. The number of nitrogens with zero attached hydrogens (tertiary/aromatic N) is 5. The molecule has 1 aliphatic rings. The Labute approximate surface area is 184 Å². The molecule has 0 atom stereocenters. The van der Waals surface area contributed by atoms with Crippen LogP contribution in [-0.2, 0) is 12.7 Å². The maximum Gasteiger partial charge on any atom is 0.416 e. The summed E-state index contributed by atoms with van der Waals surface area (Å²) in [5.74, 6) is 1.67. The van der Waals surface area contributed by atoms with Crippen LogP contribution in [0.25, 0.3) is 16.9 Å². The monoisotopic (exact) mass is 439 g/mol. The number of pyridine rings is 1. The first-order valence-corrected chi connectivity index (χ1v) is 10.8. The third kappa shape index (κ3) is 3.90. The van der Waals surface area contributed by atoms with E-state index in [1.54, 1.807) is 12.3 Å². The fraction of sp³-hybridized carbons (Fsp3) is 0.333. The molecule has 4 aromatic rings. The smallest absolute Gasteiger partial charge is 0.325 e. The zero-order valence-electron chi connectivity index (χ0n) is 17.8. The van der Waals surface area contributed by atoms with Gasteiger partial charge in [0.25, 0.3) is 0 Å². The van der Waals surface area contributed by atoms with Crippen molar-refractivity contribution in [2.45, 2.75) is 38.5 Å². The van der Waals surface area contributed by atoms with Gasteiger partial charge in [-0.05, 0) is 62.2 Å². The first-order chi connectivity index (χ1) is 15.4. The third-order valence-corrected chi connectivity index (χ3v) is 6.23. The van der Waals surface area contributed by atoms with Gasteiger partial charge in [0.15, 0.2) is 0 Å². The number of fused-ring (bicyclic) bond motifs is 1. The van der Waals surface area contributed by atoms with Gasteiger partial charge in [0, 0.05) is 43.8 Å². The predicted octanol–water partition coefficient (Wildman–Crippen LogP) is 5.39. The third-order valence-electron chi connectivity index (χ3n) is 6.23. The van der Waals surface area contributed by atoms with Gasteiger partial charge in [0.1, 0.15) is 11.6 Å². The molecular weight excluding hydrogens is 415 g/mol. The molecule has 1 saturated heterocycles. The summed E-state index contributed by atoms with van der Waals surface area (Å²) in [6.07, 6.45) is 1.32. The molecule has 1 aliphatic heterocycles. The number of aryl methyl sites for hydroxylation is 1. The maximum absolute atomic E-state index is 13.1. The lowest BCUT2D eigenvalue weighted by atomic mass is 10.0. The normalized spacial score (nSPS) is 16.1. The van der Waals surface area contributed by atoms with Crippen LogP contribution in [0.5, 0.6) is 0 Å². The lowest BCUT2D eigenvalue weighted by Gasteiger charge is -2.33. The summed E-state index contributed by atoms with van der Waals surface area (Å²) in [4.78, 5) is 11.3. The molecular formula is C24H24F3N5. The zero-order valence-corrected chi connectivity index (χ0v) is 17.8. The van der Waals surface area contributed by atoms with Crippen molar-refractivity contribution in [1.29, 1.82) is 0 Å². The van der Waals surface area contributed by atoms with E-state index in [9.17, 15) is 13.2 Å². The summed E-state index contributed by atoms with van der Waals surface area (Å²) in [5.41, 5.74) is 1.72. The highest BCUT2D eigenvalue weighted by Crippen LogP contribution is 2.34. The molecule has 32 heavy (non-hydrogen) atoms. The van der Waals surface area contributed by atoms with Gasteiger partial charge in [-0.25, -0.2) is 9.97 Å². The SMILES string of the molecule is Cc1nc2cc(C(F)(F)F)ccc2n1C1CCN(Cc2cccn2-c2ccccn2)CC1. The second kappa shape index (κ2) is 8.09. The van der Waals surface area contributed by atoms with Crippen molar-refractivity contribution in [2.24, 2.45) is 0 Å². The summed E-state index contributed by atoms with van der Waals surface area (Å²) in [5, 5.41) is 0. The predicted molar refractivity (Wildman–Crippen MR) is 117 cm³/mol. The Bertz CT molecular complexity index is 1220. The van der Waals surface area contributed by atoms with Crippen molar-refractivity contribution < 1.29 is 13.2 Å². The number of aromatic nitrogens is 4. The van der Waals surface area contributed by atoms with E-state index in [4.69, 9.17) is 0 Å². The van der Waals surface area contributed by atoms with Gasteiger partial charge in [-0.15, -0.1) is 0 Å². The van der Waals surface area contributed by atoms with Gasteiger partial charge in [0.05, 0.1) is 16.6 Å². The van der Waals surface area contributed by atoms with E-state index in [1.165, 1.54) is 5.69 Å². The fourth-order valence-electron chi connectivity index (χ4n) is 4.69. The molecule has 8 heteroatoms. The van der Waals surface area contributed by atoms with Crippen LogP contribution in [0, 0.1) is 6.92 Å². The lowest BCUT2D eigenvalue weighted by Crippen LogP contribution is -2.35. The standard InChI is InChI=1S/C24H24F3N5/c1-17-29-21-15-18(24(25,26)27)7-8-22(21)32(17)19-9-13-30(14-10-19)16-20-5-4-12-31(20)23-6-2-3-11-28-23/h2-8,11-12,15,19H,9-10,13-14,16H2,1H3. The number of rotatable bonds is 4. The number of alkyl halides is 3. The highest BCUT2D eigenvalue weighted by molar-refractivity contribution is 5.77. The molecule has 0 radical (unpaired) electrons. The van der Waals surface area contributed by atoms with E-state index >= 15 is 0 Å². The Balaban J connectivity index is 1.30. The van der Waals surface area contributed by atoms with E-state index in [1.807, 2.05) is 37.4 Å². The minimum atomic E-state index is -4.36. The van der Waals surface area contributed by atoms with Crippen molar-refractivity contribution in [3.63, 3.8) is 0 Å². The molecule has 4 heterocycles. The van der Waals surface area contributed by atoms with Crippen molar-refractivity contribution in [3.8, 4) is 5.82 Å². The molecule has 5 nitrogen and oxygen atoms in total. The van der Waals surface area contributed by atoms with Crippen LogP contribution in [0.1, 0.15) is 36.0 Å². The Morgan fingerprint density at radius 2 is 1.84 bits per heavy atom. The van der Waals surface area contributed by atoms with E-state index in [0.29, 0.717) is 5.52 Å². The summed E-state index contributed by atoms with van der Waals surface area (Å²) in [6, 6.07) is 14.1. The molecule has 0 N–H and O–H groups in total. The molecule has 0 amide bonds. The molecule has 0 spiro atoms. The summed E-state index contributed by atoms with van der Waals surface area (Å²) >= 11 is 0. The fourth-order valence-corrected chi connectivity index (χ4v) is 4.69. The van der Waals surface area contributed by atoms with Crippen molar-refractivity contribution in [1.82, 2.24) is 24.0 Å². The van der Waals surface area contributed by atoms with Crippen LogP contribution in [0.15, 0.2) is 60.9 Å². The Morgan fingerprint density at radius 3 is 2.56 bits per heavy atom. The van der Waals surface area contributed by atoms with Crippen molar-refractivity contribution in [3.05, 3.63) is 78.0 Å². The molecule has 0 unspecified atom stereocenters. The van der Waals surface area contributed by atoms with E-state index in [-0.39, 0.29) is 6.04 Å². The largest absolute Gasteiger partial charge is 0.416 e. The quantitative estimate of drug-likeness (QED) is 0.428. The average Bonchev–Trinajstić information content (AvgIpc) is 3.37. The number of hydrogen-bond donors (Lipinski definition) is 0. The van der Waals surface area contributed by atoms with Gasteiger partial charge >= 0.3 is 6.18 Å². The first-order valence-electron chi connectivity index (χ1n) is 10.8. The van der Waals surface area contributed by atoms with Crippen LogP contribution in [0.3, 0.4) is 0 Å². The average molecular weight is 439 g/mol. The number of likely N-dealkylation sites (tertiary alicyclic amines) is 1. The Morgan fingerprint density at radius 1 is 1.03 bits per heavy atom. The Hall–Kier alpha value is -3.13. The minimum Gasteiger partial charge on any atom is -0.325 e. The number of imidazole rings is 1. The molecule has 0 saturated carbocycles. The van der Waals surface area contributed by atoms with Crippen LogP contribution < -0.4 is 0 Å². The summed E-state index contributed by atoms with van der Waals surface area (Å²) < 4.78 is 43.4. The highest BCUT2D eigenvalue weighted by Gasteiger charge is 2.31. The van der Waals surface area contributed by atoms with Crippen LogP contribution in [0.4, 0.5) is 13.2 Å². The van der Waals surface area contributed by atoms with E-state index in [0.717, 1.165) is 61.8 Å². The molecule has 5 rings (SSSR count). The second-order valence-corrected chi connectivity index (χ2v) is 8.30. The van der Waals surface area contributed by atoms with Gasteiger partial charge < -0.3 is 9.13 Å². The number of piperidine rings is 1. The van der Waals surface area contributed by atoms with Crippen molar-refractivity contribution in [2.75, 3.05) is 13.1 Å². The van der Waals surface area contributed by atoms with Gasteiger partial charge in [-0.3, -0.25) is 4.90 Å². The maximum atomic E-state index is 13.1. The highest BCUT2D eigenvalue weighted by atomic mass is 19.4. The Kier molecular flexibility index (Phi) is 5.25. The van der Waals surface area contributed by atoms with Crippen molar-refractivity contribution >= 4 is 11.0 Å². The first kappa shape index (κ1) is 20.8. The molecule has 1 fully saturated rings. The summed E-state index contributed by atoms with van der Waals surface area (Å²) in [7, 11) is 0. The minimum absolute atomic E-state index is 0.232. The summed E-state index contributed by atoms with van der Waals surface area (Å²) in [6.45, 7) is 4.53. The molecule has 3 aromatic heterocycles. The van der Waals surface area contributed by atoms with Crippen LogP contribution in [-0.4, -0.2) is 37.1 Å². The van der Waals surface area contributed by atoms with Crippen LogP contribution in [0.2, 0.25) is 0 Å². The number of halogens is 3. The zero-order chi connectivity index (χ0) is 22.3. The molecule has 1 aromatic carbocycles. The molecule has 166 valence electrons. The van der Waals surface area contributed by atoms with Gasteiger partial charge in [-0.2, -0.15) is 13.2 Å². The van der Waals surface area contributed by atoms with Gasteiger partial charge in [-0.1, -0.05) is 6.07 Å². The number of benzene rings is 1. The van der Waals surface area contributed by atoms with Crippen LogP contribution >= 0.6 is 0 Å². The molecule has 0 aliphatic carbocycles.